The number of ether oxygens (including phenoxy) is 2. The Kier molecular flexibility index (Phi) is 4.31. The molecule has 4 heteroatoms. The Hall–Kier alpha value is -1.42. The van der Waals surface area contributed by atoms with E-state index in [9.17, 15) is 5.11 Å². The lowest BCUT2D eigenvalue weighted by Gasteiger charge is -2.14. The quantitative estimate of drug-likeness (QED) is 0.816. The van der Waals surface area contributed by atoms with Crippen LogP contribution in [0.2, 0.25) is 0 Å². The zero-order valence-electron chi connectivity index (χ0n) is 11.0. The normalized spacial score (nSPS) is 13.3. The van der Waals surface area contributed by atoms with Gasteiger partial charge in [0.2, 0.25) is 6.79 Å². The monoisotopic (exact) mass is 251 g/mol. The molecule has 1 aliphatic rings. The number of nitrogens with one attached hydrogen (secondary N) is 1. The second-order valence-corrected chi connectivity index (χ2v) is 4.65. The summed E-state index contributed by atoms with van der Waals surface area (Å²) >= 11 is 0. The summed E-state index contributed by atoms with van der Waals surface area (Å²) in [6, 6.07) is 3.47. The van der Waals surface area contributed by atoms with E-state index < -0.39 is 0 Å². The summed E-state index contributed by atoms with van der Waals surface area (Å²) < 4.78 is 10.5. The lowest BCUT2D eigenvalue weighted by atomic mass is 10.0. The van der Waals surface area contributed by atoms with Gasteiger partial charge in [-0.05, 0) is 18.5 Å². The minimum absolute atomic E-state index is 0.236. The molecule has 2 N–H and O–H groups in total. The molecule has 4 nitrogen and oxygen atoms in total. The Balaban J connectivity index is 1.93. The molecular weight excluding hydrogens is 230 g/mol. The van der Waals surface area contributed by atoms with Crippen molar-refractivity contribution in [1.82, 2.24) is 5.32 Å². The molecule has 1 aromatic carbocycles. The average molecular weight is 251 g/mol. The molecular formula is C14H21NO3. The van der Waals surface area contributed by atoms with Gasteiger partial charge >= 0.3 is 0 Å². The van der Waals surface area contributed by atoms with Crippen LogP contribution in [0.25, 0.3) is 0 Å². The van der Waals surface area contributed by atoms with E-state index in [1.165, 1.54) is 12.8 Å². The molecule has 0 unspecified atom stereocenters. The van der Waals surface area contributed by atoms with Crippen molar-refractivity contribution in [2.75, 3.05) is 13.3 Å². The zero-order valence-corrected chi connectivity index (χ0v) is 11.0. The van der Waals surface area contributed by atoms with E-state index in [-0.39, 0.29) is 12.5 Å². The highest BCUT2D eigenvalue weighted by Gasteiger charge is 2.16. The number of aromatic hydroxyl groups is 1. The van der Waals surface area contributed by atoms with Crippen molar-refractivity contribution in [3.05, 3.63) is 17.7 Å². The maximum atomic E-state index is 9.88. The SMILES string of the molecule is CCC(CC)CNCc1cc2c(cc1O)OCO2. The van der Waals surface area contributed by atoms with Crippen LogP contribution in [-0.2, 0) is 6.54 Å². The lowest BCUT2D eigenvalue weighted by Crippen LogP contribution is -2.21. The number of benzene rings is 1. The highest BCUT2D eigenvalue weighted by atomic mass is 16.7. The summed E-state index contributed by atoms with van der Waals surface area (Å²) in [7, 11) is 0. The van der Waals surface area contributed by atoms with Crippen LogP contribution in [0, 0.1) is 5.92 Å². The third-order valence-electron chi connectivity index (χ3n) is 3.48. The van der Waals surface area contributed by atoms with E-state index in [0.29, 0.717) is 24.0 Å². The van der Waals surface area contributed by atoms with Crippen LogP contribution in [0.15, 0.2) is 12.1 Å². The smallest absolute Gasteiger partial charge is 0.231 e. The molecule has 0 fully saturated rings. The standard InChI is InChI=1S/C14H21NO3/c1-3-10(4-2)7-15-8-11-5-13-14(6-12(11)16)18-9-17-13/h5-6,10,15-16H,3-4,7-9H2,1-2H3. The molecule has 0 atom stereocenters. The maximum absolute atomic E-state index is 9.88. The number of hydrogen-bond acceptors (Lipinski definition) is 4. The lowest BCUT2D eigenvalue weighted by molar-refractivity contribution is 0.174. The van der Waals surface area contributed by atoms with E-state index in [0.717, 1.165) is 12.1 Å². The fourth-order valence-corrected chi connectivity index (χ4v) is 2.10. The Bertz CT molecular complexity index is 402. The summed E-state index contributed by atoms with van der Waals surface area (Å²) in [5, 5.41) is 13.3. The topological polar surface area (TPSA) is 50.7 Å². The van der Waals surface area contributed by atoms with Crippen molar-refractivity contribution in [1.29, 1.82) is 0 Å². The van der Waals surface area contributed by atoms with Gasteiger partial charge in [0.25, 0.3) is 0 Å². The summed E-state index contributed by atoms with van der Waals surface area (Å²) in [6.07, 6.45) is 2.35. The van der Waals surface area contributed by atoms with Crippen LogP contribution < -0.4 is 14.8 Å². The summed E-state index contributed by atoms with van der Waals surface area (Å²) in [5.74, 6) is 2.29. The fourth-order valence-electron chi connectivity index (χ4n) is 2.10. The molecule has 0 aromatic heterocycles. The van der Waals surface area contributed by atoms with Crippen molar-refractivity contribution in [3.8, 4) is 17.2 Å². The number of hydrogen-bond donors (Lipinski definition) is 2. The van der Waals surface area contributed by atoms with Gasteiger partial charge in [0, 0.05) is 18.2 Å². The molecule has 2 rings (SSSR count). The van der Waals surface area contributed by atoms with Crippen LogP contribution >= 0.6 is 0 Å². The molecule has 1 heterocycles. The van der Waals surface area contributed by atoms with Gasteiger partial charge in [0.15, 0.2) is 11.5 Å². The van der Waals surface area contributed by atoms with Crippen molar-refractivity contribution in [2.45, 2.75) is 33.2 Å². The number of phenolic OH excluding ortho intramolecular Hbond substituents is 1. The minimum Gasteiger partial charge on any atom is -0.507 e. The Labute approximate surface area is 108 Å². The molecule has 1 aliphatic heterocycles. The maximum Gasteiger partial charge on any atom is 0.231 e. The van der Waals surface area contributed by atoms with Gasteiger partial charge in [0.05, 0.1) is 0 Å². The Morgan fingerprint density at radius 3 is 2.56 bits per heavy atom. The molecule has 0 aliphatic carbocycles. The second kappa shape index (κ2) is 5.96. The van der Waals surface area contributed by atoms with Gasteiger partial charge in [-0.3, -0.25) is 0 Å². The number of phenols is 1. The highest BCUT2D eigenvalue weighted by Crippen LogP contribution is 2.37. The zero-order chi connectivity index (χ0) is 13.0. The fraction of sp³-hybridized carbons (Fsp3) is 0.571. The summed E-state index contributed by atoms with van der Waals surface area (Å²) in [5.41, 5.74) is 0.852. The molecule has 18 heavy (non-hydrogen) atoms. The Morgan fingerprint density at radius 1 is 1.22 bits per heavy atom. The third kappa shape index (κ3) is 2.88. The van der Waals surface area contributed by atoms with Crippen LogP contribution in [0.3, 0.4) is 0 Å². The first-order chi connectivity index (χ1) is 8.74. The first-order valence-corrected chi connectivity index (χ1v) is 6.56. The first kappa shape index (κ1) is 13.0. The second-order valence-electron chi connectivity index (χ2n) is 4.65. The Morgan fingerprint density at radius 2 is 1.89 bits per heavy atom. The highest BCUT2D eigenvalue weighted by molar-refractivity contribution is 5.51. The molecule has 0 amide bonds. The summed E-state index contributed by atoms with van der Waals surface area (Å²) in [6.45, 7) is 6.26. The van der Waals surface area contributed by atoms with E-state index in [1.807, 2.05) is 6.07 Å². The third-order valence-corrected chi connectivity index (χ3v) is 3.48. The van der Waals surface area contributed by atoms with Gasteiger partial charge in [-0.15, -0.1) is 0 Å². The molecule has 0 bridgehead atoms. The van der Waals surface area contributed by atoms with Gasteiger partial charge in [-0.1, -0.05) is 26.7 Å². The van der Waals surface area contributed by atoms with E-state index >= 15 is 0 Å². The number of rotatable bonds is 6. The molecule has 100 valence electrons. The van der Waals surface area contributed by atoms with Crippen LogP contribution in [0.5, 0.6) is 17.2 Å². The van der Waals surface area contributed by atoms with Gasteiger partial charge in [-0.2, -0.15) is 0 Å². The van der Waals surface area contributed by atoms with Crippen LogP contribution in [0.1, 0.15) is 32.3 Å². The average Bonchev–Trinajstić information content (AvgIpc) is 2.81. The van der Waals surface area contributed by atoms with E-state index in [2.05, 4.69) is 19.2 Å². The molecule has 0 saturated heterocycles. The van der Waals surface area contributed by atoms with Gasteiger partial charge in [-0.25, -0.2) is 0 Å². The predicted octanol–water partition coefficient (Wildman–Crippen LogP) is 2.65. The van der Waals surface area contributed by atoms with Crippen molar-refractivity contribution in [3.63, 3.8) is 0 Å². The molecule has 1 aromatic rings. The van der Waals surface area contributed by atoms with Gasteiger partial charge in [0.1, 0.15) is 5.75 Å². The van der Waals surface area contributed by atoms with Crippen molar-refractivity contribution >= 4 is 0 Å². The summed E-state index contributed by atoms with van der Waals surface area (Å²) in [4.78, 5) is 0. The molecule has 0 spiro atoms. The predicted molar refractivity (Wildman–Crippen MR) is 70.0 cm³/mol. The van der Waals surface area contributed by atoms with E-state index in [1.54, 1.807) is 6.07 Å². The van der Waals surface area contributed by atoms with Crippen LogP contribution in [-0.4, -0.2) is 18.4 Å². The van der Waals surface area contributed by atoms with Crippen molar-refractivity contribution < 1.29 is 14.6 Å². The molecule has 0 saturated carbocycles. The minimum atomic E-state index is 0.236. The number of fused-ring (bicyclic) bond motifs is 1. The first-order valence-electron chi connectivity index (χ1n) is 6.56. The molecule has 0 radical (unpaired) electrons. The largest absolute Gasteiger partial charge is 0.507 e. The van der Waals surface area contributed by atoms with Crippen molar-refractivity contribution in [2.24, 2.45) is 5.92 Å². The van der Waals surface area contributed by atoms with E-state index in [4.69, 9.17) is 9.47 Å². The van der Waals surface area contributed by atoms with Crippen LogP contribution in [0.4, 0.5) is 0 Å². The van der Waals surface area contributed by atoms with Gasteiger partial charge < -0.3 is 19.9 Å².